The first-order valence-corrected chi connectivity index (χ1v) is 22.4. The van der Waals surface area contributed by atoms with Gasteiger partial charge in [-0.2, -0.15) is 0 Å². The van der Waals surface area contributed by atoms with E-state index in [-0.39, 0.29) is 55.6 Å². The molecule has 0 spiro atoms. The number of carboxylic acid groups (broad SMARTS) is 2. The third-order valence-corrected chi connectivity index (χ3v) is 11.8. The van der Waals surface area contributed by atoms with Crippen molar-refractivity contribution in [3.63, 3.8) is 0 Å². The first-order valence-electron chi connectivity index (χ1n) is 22.4. The Kier molecular flexibility index (Phi) is 18.1. The maximum absolute atomic E-state index is 13.1. The number of imide groups is 4. The van der Waals surface area contributed by atoms with Crippen LogP contribution in [-0.2, 0) is 35.2 Å². The summed E-state index contributed by atoms with van der Waals surface area (Å²) in [5.74, 6) is 0.531. The van der Waals surface area contributed by atoms with Crippen LogP contribution in [0, 0.1) is 11.8 Å². The van der Waals surface area contributed by atoms with E-state index in [0.29, 0.717) is 36.0 Å². The van der Waals surface area contributed by atoms with Crippen molar-refractivity contribution in [3.8, 4) is 11.8 Å². The van der Waals surface area contributed by atoms with Crippen LogP contribution in [0.4, 0.5) is 0 Å². The number of carbonyl (C=O) groups excluding carboxylic acids is 8. The number of carbonyl (C=O) groups is 10. The van der Waals surface area contributed by atoms with Crippen LogP contribution in [0.5, 0.6) is 0 Å². The van der Waals surface area contributed by atoms with E-state index in [1.54, 1.807) is 30.3 Å². The molecule has 0 radical (unpaired) electrons. The summed E-state index contributed by atoms with van der Waals surface area (Å²) in [5, 5.41) is 21.6. The lowest BCUT2D eigenvalue weighted by molar-refractivity contribution is -0.138. The summed E-state index contributed by atoms with van der Waals surface area (Å²) in [6.45, 7) is 0. The van der Waals surface area contributed by atoms with Crippen molar-refractivity contribution < 1.29 is 58.2 Å². The third-order valence-electron chi connectivity index (χ3n) is 11.8. The number of rotatable bonds is 21. The number of amides is 8. The van der Waals surface area contributed by atoms with Crippen LogP contribution in [0.2, 0.25) is 0 Å². The molecule has 2 unspecified atom stereocenters. The SMILES string of the molecule is O=C(O)CCCCCCCCC#Cc1cccc2c1C(=O)N(C1CCC(=O)NC1=O)C2=O.O=C(O)CCCCCCCCCCc1cccc2c1C(=O)N(C1CCC(=O)NC1=O)C2=O. The zero-order chi connectivity index (χ0) is 46.2. The lowest BCUT2D eigenvalue weighted by Gasteiger charge is -2.27. The lowest BCUT2D eigenvalue weighted by atomic mass is 9.97. The Morgan fingerprint density at radius 1 is 0.547 bits per heavy atom. The Balaban J connectivity index is 0.000000241. The van der Waals surface area contributed by atoms with Crippen molar-refractivity contribution in [3.05, 3.63) is 69.8 Å². The van der Waals surface area contributed by atoms with E-state index in [2.05, 4.69) is 22.5 Å². The smallest absolute Gasteiger partial charge is 0.303 e. The minimum Gasteiger partial charge on any atom is -0.481 e. The number of fused-ring (bicyclic) bond motifs is 2. The second-order valence-electron chi connectivity index (χ2n) is 16.5. The normalized spacial score (nSPS) is 17.9. The van der Waals surface area contributed by atoms with Crippen molar-refractivity contribution in [2.24, 2.45) is 0 Å². The molecular formula is C48H56N4O12. The van der Waals surface area contributed by atoms with Gasteiger partial charge in [0.25, 0.3) is 23.6 Å². The predicted octanol–water partition coefficient (Wildman–Crippen LogP) is 5.87. The van der Waals surface area contributed by atoms with Gasteiger partial charge in [0.15, 0.2) is 0 Å². The number of piperidine rings is 2. The van der Waals surface area contributed by atoms with E-state index < -0.39 is 65.4 Å². The Morgan fingerprint density at radius 2 is 0.984 bits per heavy atom. The highest BCUT2D eigenvalue weighted by Gasteiger charge is 2.46. The van der Waals surface area contributed by atoms with Gasteiger partial charge >= 0.3 is 11.9 Å². The molecule has 16 heteroatoms. The Bertz CT molecular complexity index is 2220. The molecule has 2 aromatic carbocycles. The van der Waals surface area contributed by atoms with Crippen molar-refractivity contribution in [1.82, 2.24) is 20.4 Å². The van der Waals surface area contributed by atoms with Crippen LogP contribution >= 0.6 is 0 Å². The van der Waals surface area contributed by atoms with Crippen molar-refractivity contribution >= 4 is 59.2 Å². The quantitative estimate of drug-likeness (QED) is 0.0654. The van der Waals surface area contributed by atoms with Gasteiger partial charge < -0.3 is 10.2 Å². The molecule has 4 N–H and O–H groups in total. The predicted molar refractivity (Wildman–Crippen MR) is 231 cm³/mol. The summed E-state index contributed by atoms with van der Waals surface area (Å²) in [6, 6.07) is 8.23. The van der Waals surface area contributed by atoms with Gasteiger partial charge in [0.1, 0.15) is 12.1 Å². The first kappa shape index (κ1) is 48.5. The molecule has 340 valence electrons. The Labute approximate surface area is 371 Å². The summed E-state index contributed by atoms with van der Waals surface area (Å²) in [4.78, 5) is 122. The molecule has 2 atom stereocenters. The average Bonchev–Trinajstić information content (AvgIpc) is 3.66. The Morgan fingerprint density at radius 3 is 1.48 bits per heavy atom. The molecule has 16 nitrogen and oxygen atoms in total. The van der Waals surface area contributed by atoms with Crippen LogP contribution in [-0.4, -0.2) is 91.3 Å². The minimum atomic E-state index is -0.989. The maximum atomic E-state index is 13.1. The second kappa shape index (κ2) is 23.8. The average molecular weight is 881 g/mol. The van der Waals surface area contributed by atoms with Gasteiger partial charge in [-0.15, -0.1) is 0 Å². The zero-order valence-electron chi connectivity index (χ0n) is 36.0. The summed E-state index contributed by atoms with van der Waals surface area (Å²) in [6.07, 6.45) is 15.7. The molecule has 2 fully saturated rings. The fourth-order valence-electron chi connectivity index (χ4n) is 8.42. The molecule has 4 aliphatic heterocycles. The molecular weight excluding hydrogens is 825 g/mol. The standard InChI is InChI=1S/C24H30N2O6.C24H26N2O6/c2*27-19-15-14-18(22(30)25-19)26-23(31)17-12-9-11-16(21(17)24(26)32)10-7-5-3-1-2-4-6-8-13-20(28)29/h9,11-12,18H,1-8,10,13-15H2,(H,28,29)(H,25,27,30);9,11-12,18H,1-6,8,13-15H2,(H,28,29)(H,25,27,30). The molecule has 6 rings (SSSR count). The summed E-state index contributed by atoms with van der Waals surface area (Å²) < 4.78 is 0. The monoisotopic (exact) mass is 880 g/mol. The molecule has 8 amide bonds. The highest BCUT2D eigenvalue weighted by molar-refractivity contribution is 6.25. The molecule has 0 aliphatic carbocycles. The summed E-state index contributed by atoms with van der Waals surface area (Å²) in [5.41, 5.74) is 2.45. The maximum Gasteiger partial charge on any atom is 0.303 e. The molecule has 0 aromatic heterocycles. The number of hydrogen-bond donors (Lipinski definition) is 4. The zero-order valence-corrected chi connectivity index (χ0v) is 36.0. The van der Waals surface area contributed by atoms with E-state index in [4.69, 9.17) is 10.2 Å². The molecule has 0 saturated carbocycles. The molecule has 4 aliphatic rings. The van der Waals surface area contributed by atoms with Crippen LogP contribution in [0.1, 0.15) is 187 Å². The second-order valence-corrected chi connectivity index (χ2v) is 16.5. The van der Waals surface area contributed by atoms with E-state index in [1.807, 2.05) is 6.07 Å². The van der Waals surface area contributed by atoms with E-state index >= 15 is 0 Å². The van der Waals surface area contributed by atoms with Crippen LogP contribution in [0.25, 0.3) is 0 Å². The first-order chi connectivity index (χ1) is 30.8. The molecule has 64 heavy (non-hydrogen) atoms. The number of carboxylic acids is 2. The summed E-state index contributed by atoms with van der Waals surface area (Å²) in [7, 11) is 0. The topological polar surface area (TPSA) is 242 Å². The molecule has 2 aromatic rings. The van der Waals surface area contributed by atoms with Gasteiger partial charge in [0.2, 0.25) is 23.6 Å². The summed E-state index contributed by atoms with van der Waals surface area (Å²) >= 11 is 0. The van der Waals surface area contributed by atoms with Gasteiger partial charge in [0, 0.05) is 37.7 Å². The number of benzene rings is 2. The highest BCUT2D eigenvalue weighted by atomic mass is 16.4. The lowest BCUT2D eigenvalue weighted by Crippen LogP contribution is -2.54. The van der Waals surface area contributed by atoms with Crippen LogP contribution in [0.15, 0.2) is 36.4 Å². The highest BCUT2D eigenvalue weighted by Crippen LogP contribution is 2.32. The number of unbranched alkanes of at least 4 members (excludes halogenated alkanes) is 13. The van der Waals surface area contributed by atoms with E-state index in [9.17, 15) is 47.9 Å². The van der Waals surface area contributed by atoms with Gasteiger partial charge in [0.05, 0.1) is 22.3 Å². The van der Waals surface area contributed by atoms with Gasteiger partial charge in [-0.25, -0.2) is 0 Å². The molecule has 0 bridgehead atoms. The van der Waals surface area contributed by atoms with Crippen molar-refractivity contribution in [1.29, 1.82) is 0 Å². The molecule has 2 saturated heterocycles. The number of hydrogen-bond acceptors (Lipinski definition) is 10. The van der Waals surface area contributed by atoms with Crippen LogP contribution < -0.4 is 10.6 Å². The third kappa shape index (κ3) is 12.8. The van der Waals surface area contributed by atoms with E-state index in [1.165, 1.54) is 0 Å². The number of aliphatic carboxylic acids is 2. The molecule has 4 heterocycles. The van der Waals surface area contributed by atoms with Gasteiger partial charge in [-0.3, -0.25) is 68.4 Å². The van der Waals surface area contributed by atoms with Crippen LogP contribution in [0.3, 0.4) is 0 Å². The van der Waals surface area contributed by atoms with Crippen molar-refractivity contribution in [2.45, 2.75) is 153 Å². The van der Waals surface area contributed by atoms with Gasteiger partial charge in [-0.05, 0) is 68.7 Å². The van der Waals surface area contributed by atoms with Gasteiger partial charge in [-0.1, -0.05) is 94.2 Å². The Hall–Kier alpha value is -6.50. The largest absolute Gasteiger partial charge is 0.481 e. The van der Waals surface area contributed by atoms with Crippen molar-refractivity contribution in [2.75, 3.05) is 0 Å². The fourth-order valence-corrected chi connectivity index (χ4v) is 8.42. The number of aryl methyl sites for hydroxylation is 1. The fraction of sp³-hybridized carbons (Fsp3) is 0.500. The van der Waals surface area contributed by atoms with E-state index in [0.717, 1.165) is 98.8 Å². The number of nitrogens with one attached hydrogen (secondary N) is 2. The number of nitrogens with zero attached hydrogens (tertiary/aromatic N) is 2. The minimum absolute atomic E-state index is 0.0794.